The summed E-state index contributed by atoms with van der Waals surface area (Å²) in [6, 6.07) is 8.28. The van der Waals surface area contributed by atoms with E-state index < -0.39 is 0 Å². The summed E-state index contributed by atoms with van der Waals surface area (Å²) in [6.07, 6.45) is 4.11. The van der Waals surface area contributed by atoms with Gasteiger partial charge in [0.2, 0.25) is 0 Å². The molecule has 1 aliphatic heterocycles. The molecule has 0 amide bonds. The number of fused-ring (bicyclic) bond motifs is 1. The van der Waals surface area contributed by atoms with E-state index >= 15 is 0 Å². The van der Waals surface area contributed by atoms with Crippen molar-refractivity contribution >= 4 is 47.5 Å². The van der Waals surface area contributed by atoms with Crippen LogP contribution in [0.3, 0.4) is 0 Å². The third-order valence-corrected chi connectivity index (χ3v) is 7.28. The SMILES string of the molecule is CN(C)/C=C(\C#N)C=O.Cc1cc2cc(C3CCN(C(C)C)CC3)c(F)cc2n1SI. The molecule has 0 unspecified atom stereocenters. The summed E-state index contributed by atoms with van der Waals surface area (Å²) in [5.41, 5.74) is 3.20. The van der Waals surface area contributed by atoms with Gasteiger partial charge in [-0.25, -0.2) is 4.39 Å². The molecule has 0 radical (unpaired) electrons. The van der Waals surface area contributed by atoms with E-state index in [4.69, 9.17) is 5.26 Å². The zero-order valence-corrected chi connectivity index (χ0v) is 21.7. The van der Waals surface area contributed by atoms with E-state index in [1.54, 1.807) is 40.3 Å². The first-order valence-electron chi connectivity index (χ1n) is 10.3. The molecule has 1 aromatic carbocycles. The molecule has 8 heteroatoms. The van der Waals surface area contributed by atoms with Crippen LogP contribution in [0, 0.1) is 24.1 Å². The number of likely N-dealkylation sites (tertiary alicyclic amines) is 1. The summed E-state index contributed by atoms with van der Waals surface area (Å²) in [7, 11) is 5.10. The summed E-state index contributed by atoms with van der Waals surface area (Å²) in [6.45, 7) is 8.69. The number of aromatic nitrogens is 1. The van der Waals surface area contributed by atoms with E-state index in [2.05, 4.69) is 63.0 Å². The minimum atomic E-state index is -0.0414. The summed E-state index contributed by atoms with van der Waals surface area (Å²) in [5, 5.41) is 9.36. The number of allylic oxidation sites excluding steroid dienone is 1. The Balaban J connectivity index is 0.000000323. The lowest BCUT2D eigenvalue weighted by molar-refractivity contribution is -0.104. The zero-order chi connectivity index (χ0) is 23.1. The van der Waals surface area contributed by atoms with Crippen LogP contribution in [-0.4, -0.2) is 53.3 Å². The first-order chi connectivity index (χ1) is 14.7. The number of rotatable bonds is 5. The lowest BCUT2D eigenvalue weighted by atomic mass is 9.88. The van der Waals surface area contributed by atoms with Gasteiger partial charge in [-0.3, -0.25) is 8.77 Å². The largest absolute Gasteiger partial charge is 0.382 e. The van der Waals surface area contributed by atoms with Gasteiger partial charge < -0.3 is 9.80 Å². The van der Waals surface area contributed by atoms with Crippen molar-refractivity contribution in [2.24, 2.45) is 0 Å². The number of nitriles is 1. The molecule has 168 valence electrons. The van der Waals surface area contributed by atoms with Crippen LogP contribution in [0.5, 0.6) is 0 Å². The molecule has 1 aliphatic rings. The van der Waals surface area contributed by atoms with Crippen molar-refractivity contribution in [2.75, 3.05) is 27.2 Å². The molecule has 0 saturated carbocycles. The van der Waals surface area contributed by atoms with Gasteiger partial charge in [0.15, 0.2) is 6.29 Å². The van der Waals surface area contributed by atoms with Gasteiger partial charge in [0.25, 0.3) is 0 Å². The second kappa shape index (κ2) is 11.9. The Kier molecular flexibility index (Phi) is 9.85. The van der Waals surface area contributed by atoms with Crippen LogP contribution in [0.15, 0.2) is 30.0 Å². The maximum absolute atomic E-state index is 14.6. The average molecular weight is 556 g/mol. The Morgan fingerprint density at radius 3 is 2.42 bits per heavy atom. The minimum Gasteiger partial charge on any atom is -0.382 e. The van der Waals surface area contributed by atoms with Crippen LogP contribution in [0.25, 0.3) is 10.9 Å². The van der Waals surface area contributed by atoms with Crippen molar-refractivity contribution in [3.05, 3.63) is 47.0 Å². The van der Waals surface area contributed by atoms with Crippen molar-refractivity contribution < 1.29 is 9.18 Å². The van der Waals surface area contributed by atoms with Gasteiger partial charge in [-0.1, -0.05) is 0 Å². The molecule has 0 bridgehead atoms. The maximum Gasteiger partial charge on any atom is 0.162 e. The standard InChI is InChI=1S/C17H22FIN2S.C6H8N2O/c1-11(2)20-6-4-13(5-7-20)15-9-14-8-12(3)21(22-19)17(14)10-16(15)18;1-8(2)4-6(3-7)5-9/h8-11,13H,4-7H2,1-3H3;4-5H,1-2H3/b;6-4+. The van der Waals surface area contributed by atoms with Crippen molar-refractivity contribution in [3.8, 4) is 6.07 Å². The Morgan fingerprint density at radius 2 is 1.97 bits per heavy atom. The van der Waals surface area contributed by atoms with E-state index in [0.29, 0.717) is 18.2 Å². The monoisotopic (exact) mass is 556 g/mol. The van der Waals surface area contributed by atoms with Crippen LogP contribution in [0.1, 0.15) is 43.9 Å². The number of aldehydes is 1. The van der Waals surface area contributed by atoms with E-state index in [0.717, 1.165) is 42.4 Å². The minimum absolute atomic E-state index is 0.0414. The Labute approximate surface area is 201 Å². The number of aryl methyl sites for hydroxylation is 1. The number of halogens is 2. The van der Waals surface area contributed by atoms with E-state index in [1.807, 2.05) is 0 Å². The van der Waals surface area contributed by atoms with Crippen molar-refractivity contribution in [3.63, 3.8) is 0 Å². The third kappa shape index (κ3) is 6.70. The van der Waals surface area contributed by atoms with Gasteiger partial charge in [-0.15, -0.1) is 0 Å². The zero-order valence-electron chi connectivity index (χ0n) is 18.7. The van der Waals surface area contributed by atoms with E-state index in [1.165, 1.54) is 11.9 Å². The molecule has 5 nitrogen and oxygen atoms in total. The maximum atomic E-state index is 14.6. The van der Waals surface area contributed by atoms with Gasteiger partial charge in [-0.05, 0) is 76.4 Å². The Bertz CT molecular complexity index is 972. The predicted octanol–water partition coefficient (Wildman–Crippen LogP) is 5.68. The predicted molar refractivity (Wildman–Crippen MR) is 136 cm³/mol. The Hall–Kier alpha value is -1.57. The number of hydrogen-bond acceptors (Lipinski definition) is 5. The number of piperidine rings is 1. The molecule has 1 fully saturated rings. The first kappa shape index (κ1) is 25.7. The van der Waals surface area contributed by atoms with Gasteiger partial charge >= 0.3 is 0 Å². The average Bonchev–Trinajstić information content (AvgIpc) is 3.05. The fraction of sp³-hybridized carbons (Fsp3) is 0.478. The van der Waals surface area contributed by atoms with Crippen LogP contribution in [-0.2, 0) is 4.79 Å². The van der Waals surface area contributed by atoms with Crippen LogP contribution in [0.2, 0.25) is 0 Å². The van der Waals surface area contributed by atoms with Crippen molar-refractivity contribution in [2.45, 2.75) is 45.6 Å². The summed E-state index contributed by atoms with van der Waals surface area (Å²) in [5.74, 6) is 0.315. The quantitative estimate of drug-likeness (QED) is 0.206. The highest BCUT2D eigenvalue weighted by Crippen LogP contribution is 2.35. The van der Waals surface area contributed by atoms with Gasteiger partial charge in [0.05, 0.1) is 5.52 Å². The number of carbonyl (C=O) groups excluding carboxylic acids is 1. The highest BCUT2D eigenvalue weighted by Gasteiger charge is 2.25. The second-order valence-corrected chi connectivity index (χ2v) is 9.95. The van der Waals surface area contributed by atoms with E-state index in [-0.39, 0.29) is 11.4 Å². The molecule has 3 rings (SSSR count). The molecule has 2 heterocycles. The highest BCUT2D eigenvalue weighted by atomic mass is 127. The smallest absolute Gasteiger partial charge is 0.162 e. The number of carbonyl (C=O) groups is 1. The molecule has 31 heavy (non-hydrogen) atoms. The van der Waals surface area contributed by atoms with E-state index in [9.17, 15) is 9.18 Å². The fourth-order valence-electron chi connectivity index (χ4n) is 3.86. The van der Waals surface area contributed by atoms with Gasteiger partial charge in [-0.2, -0.15) is 5.26 Å². The number of hydrogen-bond donors (Lipinski definition) is 0. The lowest BCUT2D eigenvalue weighted by Crippen LogP contribution is -2.38. The number of nitrogens with zero attached hydrogens (tertiary/aromatic N) is 4. The molecule has 1 aromatic heterocycles. The van der Waals surface area contributed by atoms with Crippen LogP contribution in [0.4, 0.5) is 4.39 Å². The molecule has 2 aromatic rings. The summed E-state index contributed by atoms with van der Waals surface area (Å²) in [4.78, 5) is 14.1. The molecule has 0 atom stereocenters. The normalized spacial score (nSPS) is 15.5. The highest BCUT2D eigenvalue weighted by molar-refractivity contribution is 14.2. The van der Waals surface area contributed by atoms with Crippen LogP contribution >= 0.6 is 30.3 Å². The fourth-order valence-corrected chi connectivity index (χ4v) is 5.82. The molecule has 0 N–H and O–H groups in total. The third-order valence-electron chi connectivity index (χ3n) is 5.47. The lowest BCUT2D eigenvalue weighted by Gasteiger charge is -2.34. The molecular formula is C23H30FIN4OS. The van der Waals surface area contributed by atoms with Gasteiger partial charge in [0, 0.05) is 67.7 Å². The van der Waals surface area contributed by atoms with Crippen molar-refractivity contribution in [1.82, 2.24) is 13.8 Å². The summed E-state index contributed by atoms with van der Waals surface area (Å²) >= 11 is 2.25. The van der Waals surface area contributed by atoms with Crippen molar-refractivity contribution in [1.29, 1.82) is 5.26 Å². The molecule has 0 aliphatic carbocycles. The molecule has 1 saturated heterocycles. The first-order valence-corrected chi connectivity index (χ1v) is 13.6. The molecular weight excluding hydrogens is 526 g/mol. The second-order valence-electron chi connectivity index (χ2n) is 8.26. The van der Waals surface area contributed by atoms with Gasteiger partial charge in [0.1, 0.15) is 17.5 Å². The topological polar surface area (TPSA) is 52.3 Å². The number of benzene rings is 1. The molecule has 0 spiro atoms. The van der Waals surface area contributed by atoms with Crippen LogP contribution < -0.4 is 0 Å². The summed E-state index contributed by atoms with van der Waals surface area (Å²) < 4.78 is 16.7. The Morgan fingerprint density at radius 1 is 1.32 bits per heavy atom.